The zero-order chi connectivity index (χ0) is 25.1. The van der Waals surface area contributed by atoms with Crippen LogP contribution in [-0.2, 0) is 6.54 Å². The molecule has 3 aromatic carbocycles. The Hall–Kier alpha value is -3.76. The van der Waals surface area contributed by atoms with E-state index in [9.17, 15) is 0 Å². The molecule has 1 saturated carbocycles. The molecule has 2 fully saturated rings. The number of hydrogen-bond acceptors (Lipinski definition) is 4. The van der Waals surface area contributed by atoms with Crippen LogP contribution in [0.3, 0.4) is 0 Å². The second-order valence-corrected chi connectivity index (χ2v) is 11.4. The summed E-state index contributed by atoms with van der Waals surface area (Å²) in [5.41, 5.74) is 9.87. The number of nitrogens with one attached hydrogen (secondary N) is 1. The normalized spacial score (nSPS) is 22.6. The Morgan fingerprint density at radius 1 is 0.658 bits per heavy atom. The molecule has 38 heavy (non-hydrogen) atoms. The van der Waals surface area contributed by atoms with Gasteiger partial charge in [-0.1, -0.05) is 67.4 Å². The highest BCUT2D eigenvalue weighted by atomic mass is 15.2. The van der Waals surface area contributed by atoms with Crippen LogP contribution in [0.5, 0.6) is 0 Å². The molecule has 2 aromatic heterocycles. The first-order valence-corrected chi connectivity index (χ1v) is 14.2. The molecule has 5 aromatic rings. The van der Waals surface area contributed by atoms with Gasteiger partial charge in [-0.15, -0.1) is 0 Å². The molecule has 2 aliphatic heterocycles. The number of rotatable bonds is 2. The number of fused-ring (bicyclic) bond motifs is 7. The van der Waals surface area contributed by atoms with Gasteiger partial charge in [0.25, 0.3) is 0 Å². The second kappa shape index (κ2) is 8.92. The monoisotopic (exact) mass is 496 g/mol. The van der Waals surface area contributed by atoms with E-state index < -0.39 is 0 Å². The summed E-state index contributed by atoms with van der Waals surface area (Å²) in [6.45, 7) is 3.18. The van der Waals surface area contributed by atoms with Crippen molar-refractivity contribution >= 4 is 27.5 Å². The SMILES string of the molecule is c1ccc2c(c1)CNC(c1ccnc3c1ccc1c(N4CC5CCCCC5C4)ccnc13)c1ccccc1-2. The molecule has 3 aliphatic rings. The average molecular weight is 497 g/mol. The van der Waals surface area contributed by atoms with Crippen LogP contribution in [0, 0.1) is 11.8 Å². The van der Waals surface area contributed by atoms with E-state index in [2.05, 4.69) is 83.0 Å². The van der Waals surface area contributed by atoms with Crippen molar-refractivity contribution in [2.24, 2.45) is 11.8 Å². The number of nitrogens with zero attached hydrogens (tertiary/aromatic N) is 3. The largest absolute Gasteiger partial charge is 0.370 e. The highest BCUT2D eigenvalue weighted by Crippen LogP contribution is 2.42. The van der Waals surface area contributed by atoms with Crippen molar-refractivity contribution in [2.75, 3.05) is 18.0 Å². The van der Waals surface area contributed by atoms with Crippen molar-refractivity contribution in [1.82, 2.24) is 15.3 Å². The Morgan fingerprint density at radius 2 is 1.34 bits per heavy atom. The lowest BCUT2D eigenvalue weighted by Gasteiger charge is -2.23. The Bertz CT molecular complexity index is 1660. The lowest BCUT2D eigenvalue weighted by atomic mass is 9.82. The number of benzene rings is 3. The first-order chi connectivity index (χ1) is 18.8. The minimum absolute atomic E-state index is 0.0754. The third-order valence-corrected chi connectivity index (χ3v) is 9.34. The van der Waals surface area contributed by atoms with Gasteiger partial charge in [0, 0.05) is 48.5 Å². The summed E-state index contributed by atoms with van der Waals surface area (Å²) in [5.74, 6) is 1.70. The first-order valence-electron chi connectivity index (χ1n) is 14.2. The number of aromatic nitrogens is 2. The molecule has 4 heteroatoms. The van der Waals surface area contributed by atoms with Gasteiger partial charge >= 0.3 is 0 Å². The Balaban J connectivity index is 1.25. The third-order valence-electron chi connectivity index (χ3n) is 9.34. The van der Waals surface area contributed by atoms with Gasteiger partial charge in [0.05, 0.1) is 17.1 Å². The maximum Gasteiger partial charge on any atom is 0.0985 e. The van der Waals surface area contributed by atoms with E-state index >= 15 is 0 Å². The van der Waals surface area contributed by atoms with Gasteiger partial charge in [-0.25, -0.2) is 0 Å². The number of anilines is 1. The number of hydrogen-bond donors (Lipinski definition) is 1. The Labute approximate surface area is 223 Å². The van der Waals surface area contributed by atoms with E-state index in [1.807, 2.05) is 12.4 Å². The van der Waals surface area contributed by atoms with Crippen molar-refractivity contribution in [2.45, 2.75) is 38.3 Å². The minimum Gasteiger partial charge on any atom is -0.370 e. The van der Waals surface area contributed by atoms with Crippen LogP contribution in [0.1, 0.15) is 48.4 Å². The van der Waals surface area contributed by atoms with Crippen LogP contribution in [0.2, 0.25) is 0 Å². The summed E-state index contributed by atoms with van der Waals surface area (Å²) >= 11 is 0. The lowest BCUT2D eigenvalue weighted by Crippen LogP contribution is -2.21. The van der Waals surface area contributed by atoms with Gasteiger partial charge in [0.15, 0.2) is 0 Å². The molecular weight excluding hydrogens is 464 g/mol. The topological polar surface area (TPSA) is 41.1 Å². The molecule has 0 spiro atoms. The molecule has 4 nitrogen and oxygen atoms in total. The van der Waals surface area contributed by atoms with E-state index in [-0.39, 0.29) is 6.04 Å². The predicted molar refractivity (Wildman–Crippen MR) is 155 cm³/mol. The van der Waals surface area contributed by atoms with Crippen molar-refractivity contribution in [3.05, 3.63) is 102 Å². The highest BCUT2D eigenvalue weighted by Gasteiger charge is 2.35. The van der Waals surface area contributed by atoms with E-state index in [1.54, 1.807) is 0 Å². The maximum atomic E-state index is 4.91. The predicted octanol–water partition coefficient (Wildman–Crippen LogP) is 7.27. The first kappa shape index (κ1) is 22.2. The van der Waals surface area contributed by atoms with Crippen LogP contribution >= 0.6 is 0 Å². The number of pyridine rings is 2. The summed E-state index contributed by atoms with van der Waals surface area (Å²) in [5, 5.41) is 6.28. The molecule has 3 atom stereocenters. The summed E-state index contributed by atoms with van der Waals surface area (Å²) in [4.78, 5) is 12.4. The molecule has 4 heterocycles. The van der Waals surface area contributed by atoms with Gasteiger partial charge in [-0.2, -0.15) is 0 Å². The van der Waals surface area contributed by atoms with Crippen LogP contribution in [0.25, 0.3) is 32.9 Å². The Morgan fingerprint density at radius 3 is 2.18 bits per heavy atom. The fourth-order valence-corrected chi connectivity index (χ4v) is 7.50. The summed E-state index contributed by atoms with van der Waals surface area (Å²) in [6, 6.07) is 26.7. The molecule has 1 saturated heterocycles. The van der Waals surface area contributed by atoms with Crippen molar-refractivity contribution in [1.29, 1.82) is 0 Å². The third kappa shape index (κ3) is 3.47. The van der Waals surface area contributed by atoms with Crippen molar-refractivity contribution in [3.8, 4) is 11.1 Å². The quantitative estimate of drug-likeness (QED) is 0.261. The second-order valence-electron chi connectivity index (χ2n) is 11.4. The zero-order valence-electron chi connectivity index (χ0n) is 21.6. The Kier molecular flexibility index (Phi) is 5.22. The van der Waals surface area contributed by atoms with Gasteiger partial charge in [-0.05, 0) is 70.7 Å². The van der Waals surface area contributed by atoms with Crippen LogP contribution in [-0.4, -0.2) is 23.1 Å². The maximum absolute atomic E-state index is 4.91. The van der Waals surface area contributed by atoms with Gasteiger partial charge in [0.1, 0.15) is 0 Å². The van der Waals surface area contributed by atoms with Gasteiger partial charge in [-0.3, -0.25) is 9.97 Å². The summed E-state index contributed by atoms with van der Waals surface area (Å²) in [7, 11) is 0. The summed E-state index contributed by atoms with van der Waals surface area (Å²) < 4.78 is 0. The average Bonchev–Trinajstić information content (AvgIpc) is 3.34. The molecular formula is C34H32N4. The molecule has 0 radical (unpaired) electrons. The molecule has 0 bridgehead atoms. The highest BCUT2D eigenvalue weighted by molar-refractivity contribution is 6.08. The fraction of sp³-hybridized carbons (Fsp3) is 0.294. The molecule has 8 rings (SSSR count). The van der Waals surface area contributed by atoms with E-state index in [0.717, 1.165) is 29.4 Å². The van der Waals surface area contributed by atoms with Crippen LogP contribution in [0.4, 0.5) is 5.69 Å². The van der Waals surface area contributed by atoms with Gasteiger partial charge in [0.2, 0.25) is 0 Å². The molecule has 1 aliphatic carbocycles. The molecule has 1 N–H and O–H groups in total. The van der Waals surface area contributed by atoms with E-state index in [4.69, 9.17) is 9.97 Å². The van der Waals surface area contributed by atoms with Crippen LogP contribution in [0.15, 0.2) is 85.2 Å². The van der Waals surface area contributed by atoms with E-state index in [1.165, 1.54) is 83.0 Å². The smallest absolute Gasteiger partial charge is 0.0985 e. The van der Waals surface area contributed by atoms with Crippen molar-refractivity contribution in [3.63, 3.8) is 0 Å². The summed E-state index contributed by atoms with van der Waals surface area (Å²) in [6.07, 6.45) is 9.52. The fourth-order valence-electron chi connectivity index (χ4n) is 7.50. The molecule has 3 unspecified atom stereocenters. The molecule has 188 valence electrons. The molecule has 0 amide bonds. The van der Waals surface area contributed by atoms with Gasteiger partial charge < -0.3 is 10.2 Å². The minimum atomic E-state index is 0.0754. The van der Waals surface area contributed by atoms with Crippen molar-refractivity contribution < 1.29 is 0 Å². The van der Waals surface area contributed by atoms with E-state index in [0.29, 0.717) is 0 Å². The zero-order valence-corrected chi connectivity index (χ0v) is 21.6. The standard InChI is InChI=1S/C34H32N4/c1-2-9-24-21-38(20-23(24)8-1)31-16-18-36-34-30(31)14-13-28-29(15-17-35-33(28)34)32-27-12-6-5-11-26(27)25-10-4-3-7-22(25)19-37-32/h3-7,10-18,23-24,32,37H,1-2,8-9,19-21H2. The van der Waals surface area contributed by atoms with Crippen LogP contribution < -0.4 is 10.2 Å². The lowest BCUT2D eigenvalue weighted by molar-refractivity contribution is 0.299.